The van der Waals surface area contributed by atoms with Crippen LogP contribution < -0.4 is 15.4 Å². The summed E-state index contributed by atoms with van der Waals surface area (Å²) >= 11 is 0. The van der Waals surface area contributed by atoms with Crippen LogP contribution in [0.3, 0.4) is 0 Å². The number of nitrogens with one attached hydrogen (secondary N) is 2. The van der Waals surface area contributed by atoms with Crippen LogP contribution in [0.2, 0.25) is 0 Å². The van der Waals surface area contributed by atoms with Crippen LogP contribution in [0.15, 0.2) is 49.4 Å². The topological polar surface area (TPSA) is 84.3 Å². The molecule has 0 unspecified atom stereocenters. The molecule has 0 radical (unpaired) electrons. The van der Waals surface area contributed by atoms with Gasteiger partial charge in [0.2, 0.25) is 5.91 Å². The molecule has 1 amide bonds. The first-order valence-corrected chi connectivity index (χ1v) is 12.2. The Labute approximate surface area is 207 Å². The minimum absolute atomic E-state index is 0. The summed E-state index contributed by atoms with van der Waals surface area (Å²) in [5, 5.41) is 11.2. The van der Waals surface area contributed by atoms with E-state index in [0.717, 1.165) is 78.5 Å². The number of carbonyl (C=O) groups excluding carboxylic acids is 1. The number of hydrogen-bond donors (Lipinski definition) is 2. The van der Waals surface area contributed by atoms with Gasteiger partial charge >= 0.3 is 0 Å². The summed E-state index contributed by atoms with van der Waals surface area (Å²) in [6, 6.07) is 6.48. The number of rotatable bonds is 3. The van der Waals surface area contributed by atoms with Gasteiger partial charge in [-0.3, -0.25) is 9.48 Å². The molecular formula is C27H34N6O2. The third-order valence-corrected chi connectivity index (χ3v) is 6.83. The number of amides is 1. The van der Waals surface area contributed by atoms with E-state index in [1.165, 1.54) is 11.6 Å². The summed E-state index contributed by atoms with van der Waals surface area (Å²) in [6.07, 6.45) is 9.41. The Bertz CT molecular complexity index is 1250. The maximum atomic E-state index is 10.8. The van der Waals surface area contributed by atoms with Gasteiger partial charge in [-0.25, -0.2) is 4.98 Å². The lowest BCUT2D eigenvalue weighted by Gasteiger charge is -2.28. The van der Waals surface area contributed by atoms with Gasteiger partial charge in [-0.05, 0) is 54.7 Å². The van der Waals surface area contributed by atoms with E-state index in [2.05, 4.69) is 46.4 Å². The van der Waals surface area contributed by atoms with Gasteiger partial charge in [-0.2, -0.15) is 5.10 Å². The molecule has 0 spiro atoms. The van der Waals surface area contributed by atoms with Crippen LogP contribution in [0.25, 0.3) is 11.1 Å². The first-order valence-electron chi connectivity index (χ1n) is 12.2. The summed E-state index contributed by atoms with van der Waals surface area (Å²) in [6.45, 7) is 9.94. The van der Waals surface area contributed by atoms with Crippen molar-refractivity contribution in [1.29, 1.82) is 0 Å². The number of nitrogens with zero attached hydrogens (tertiary/aromatic N) is 4. The van der Waals surface area contributed by atoms with E-state index in [0.29, 0.717) is 12.5 Å². The molecule has 8 heteroatoms. The van der Waals surface area contributed by atoms with Gasteiger partial charge in [0, 0.05) is 64.1 Å². The van der Waals surface area contributed by atoms with Crippen LogP contribution in [0.1, 0.15) is 36.9 Å². The third-order valence-electron chi connectivity index (χ3n) is 6.83. The Kier molecular flexibility index (Phi) is 6.55. The first-order chi connectivity index (χ1) is 17.0. The molecule has 2 aromatic heterocycles. The largest absolute Gasteiger partial charge is 0.486 e. The Morgan fingerprint density at radius 3 is 2.74 bits per heavy atom. The van der Waals surface area contributed by atoms with Gasteiger partial charge in [0.1, 0.15) is 18.2 Å². The summed E-state index contributed by atoms with van der Waals surface area (Å²) in [5.74, 6) is 2.43. The van der Waals surface area contributed by atoms with Crippen LogP contribution >= 0.6 is 0 Å². The van der Waals surface area contributed by atoms with E-state index in [9.17, 15) is 4.79 Å². The van der Waals surface area contributed by atoms with Gasteiger partial charge in [0.05, 0.1) is 11.9 Å². The number of hydrogen-bond acceptors (Lipinski definition) is 6. The summed E-state index contributed by atoms with van der Waals surface area (Å²) in [4.78, 5) is 17.2. The maximum absolute atomic E-state index is 10.8. The highest BCUT2D eigenvalue weighted by atomic mass is 16.5. The molecule has 5 heterocycles. The molecule has 0 saturated carbocycles. The van der Waals surface area contributed by atoms with Crippen molar-refractivity contribution in [3.05, 3.63) is 66.1 Å². The molecule has 3 aromatic rings. The molecule has 0 atom stereocenters. The van der Waals surface area contributed by atoms with Crippen LogP contribution in [0.4, 0.5) is 11.5 Å². The number of pyridine rings is 1. The molecule has 2 saturated heterocycles. The first kappa shape index (κ1) is 23.1. The molecule has 35 heavy (non-hydrogen) atoms. The molecule has 6 rings (SSSR count). The zero-order valence-electron chi connectivity index (χ0n) is 20.4. The van der Waals surface area contributed by atoms with E-state index in [1.54, 1.807) is 0 Å². The fraction of sp³-hybridized carbons (Fsp3) is 0.370. The van der Waals surface area contributed by atoms with E-state index in [-0.39, 0.29) is 7.33 Å². The lowest BCUT2D eigenvalue weighted by Crippen LogP contribution is -2.39. The highest BCUT2D eigenvalue weighted by molar-refractivity contribution is 5.87. The predicted octanol–water partition coefficient (Wildman–Crippen LogP) is 4.15. The van der Waals surface area contributed by atoms with Gasteiger partial charge in [0.25, 0.3) is 0 Å². The lowest BCUT2D eigenvalue weighted by atomic mass is 9.92. The number of aromatic nitrogens is 3. The smallest absolute Gasteiger partial charge is 0.245 e. The third kappa shape index (κ3) is 4.79. The van der Waals surface area contributed by atoms with Crippen molar-refractivity contribution in [2.24, 2.45) is 7.05 Å². The molecule has 0 bridgehead atoms. The quantitative estimate of drug-likeness (QED) is 0.555. The molecule has 0 aliphatic carbocycles. The summed E-state index contributed by atoms with van der Waals surface area (Å²) in [5.41, 5.74) is 6.74. The zero-order chi connectivity index (χ0) is 24.4. The van der Waals surface area contributed by atoms with Gasteiger partial charge in [0.15, 0.2) is 0 Å². The van der Waals surface area contributed by atoms with Crippen molar-refractivity contribution in [2.45, 2.75) is 32.3 Å². The maximum Gasteiger partial charge on any atom is 0.245 e. The summed E-state index contributed by atoms with van der Waals surface area (Å²) in [7, 11) is 1.92. The van der Waals surface area contributed by atoms with Crippen molar-refractivity contribution in [1.82, 2.24) is 25.0 Å². The number of fused-ring (bicyclic) bond motifs is 2. The molecule has 2 fully saturated rings. The van der Waals surface area contributed by atoms with E-state index in [4.69, 9.17) is 4.74 Å². The van der Waals surface area contributed by atoms with Gasteiger partial charge < -0.3 is 20.3 Å². The number of carbonyl (C=O) groups is 1. The molecule has 1 aromatic carbocycles. The summed E-state index contributed by atoms with van der Waals surface area (Å²) < 4.78 is 8.03. The minimum Gasteiger partial charge on any atom is -0.486 e. The van der Waals surface area contributed by atoms with Crippen LogP contribution in [-0.2, 0) is 18.4 Å². The SMILES string of the molecule is C=CC(=O)N1CCCC1.Cc1cc(C2CNC2)cc2c1OCc1c(-c3cnn(C)c3)ccnc1N2.[HH]. The zero-order valence-corrected chi connectivity index (χ0v) is 20.4. The highest BCUT2D eigenvalue weighted by Crippen LogP contribution is 2.40. The van der Waals surface area contributed by atoms with Crippen molar-refractivity contribution in [2.75, 3.05) is 31.5 Å². The molecule has 184 valence electrons. The van der Waals surface area contributed by atoms with Crippen molar-refractivity contribution < 1.29 is 11.0 Å². The average molecular weight is 475 g/mol. The normalized spacial score (nSPS) is 16.5. The molecule has 3 aliphatic heterocycles. The van der Waals surface area contributed by atoms with Gasteiger partial charge in [-0.1, -0.05) is 12.6 Å². The number of likely N-dealkylation sites (tertiary alicyclic amines) is 1. The molecular weight excluding hydrogens is 440 g/mol. The lowest BCUT2D eigenvalue weighted by molar-refractivity contribution is -0.124. The minimum atomic E-state index is 0. The van der Waals surface area contributed by atoms with Crippen LogP contribution in [0, 0.1) is 6.92 Å². The Morgan fingerprint density at radius 2 is 2.09 bits per heavy atom. The molecule has 2 N–H and O–H groups in total. The number of anilines is 2. The number of ether oxygens (including phenoxy) is 1. The van der Waals surface area contributed by atoms with E-state index in [1.807, 2.05) is 41.3 Å². The van der Waals surface area contributed by atoms with Crippen LogP contribution in [-0.4, -0.2) is 51.8 Å². The molecule has 3 aliphatic rings. The predicted molar refractivity (Wildman–Crippen MR) is 139 cm³/mol. The van der Waals surface area contributed by atoms with E-state index < -0.39 is 0 Å². The van der Waals surface area contributed by atoms with Crippen molar-refractivity contribution in [3.8, 4) is 16.9 Å². The fourth-order valence-electron chi connectivity index (χ4n) is 4.76. The number of aryl methyl sites for hydroxylation is 2. The van der Waals surface area contributed by atoms with Gasteiger partial charge in [-0.15, -0.1) is 0 Å². The second-order valence-corrected chi connectivity index (χ2v) is 9.31. The number of benzene rings is 1. The Hall–Kier alpha value is -3.65. The Morgan fingerprint density at radius 1 is 1.29 bits per heavy atom. The van der Waals surface area contributed by atoms with Crippen molar-refractivity contribution >= 4 is 17.4 Å². The highest BCUT2D eigenvalue weighted by Gasteiger charge is 2.24. The second-order valence-electron chi connectivity index (χ2n) is 9.31. The second kappa shape index (κ2) is 9.92. The standard InChI is InChI=1S/C20H21N5O.C7H11NO.H2/c1-12-5-13(14-7-21-8-14)6-18-19(12)26-11-17-16(3-4-22-20(17)24-18)15-9-23-25(2)10-15;1-2-7(9)8-5-3-4-6-8;/h3-6,9-10,14,21H,7-8,11H2,1-2H3,(H,22,24);2H,1,3-6H2;1H. The monoisotopic (exact) mass is 474 g/mol. The average Bonchev–Trinajstić information content (AvgIpc) is 3.46. The van der Waals surface area contributed by atoms with Crippen molar-refractivity contribution in [3.63, 3.8) is 0 Å². The Balaban J connectivity index is 0.000000260. The van der Waals surface area contributed by atoms with Crippen LogP contribution in [0.5, 0.6) is 5.75 Å². The molecule has 8 nitrogen and oxygen atoms in total. The fourth-order valence-corrected chi connectivity index (χ4v) is 4.76. The van der Waals surface area contributed by atoms with E-state index >= 15 is 0 Å².